The van der Waals surface area contributed by atoms with E-state index in [1.54, 1.807) is 0 Å². The van der Waals surface area contributed by atoms with Gasteiger partial charge in [-0.05, 0) is 55.2 Å². The molecule has 0 bridgehead atoms. The molecule has 0 atom stereocenters. The van der Waals surface area contributed by atoms with Gasteiger partial charge in [0.25, 0.3) is 0 Å². The molecule has 2 aromatic carbocycles. The Labute approximate surface area is 151 Å². The van der Waals surface area contributed by atoms with E-state index in [4.69, 9.17) is 0 Å². The van der Waals surface area contributed by atoms with E-state index in [0.29, 0.717) is 12.5 Å². The first kappa shape index (κ1) is 17.7. The van der Waals surface area contributed by atoms with Crippen molar-refractivity contribution >= 4 is 11.6 Å². The van der Waals surface area contributed by atoms with Crippen LogP contribution in [0.2, 0.25) is 0 Å². The van der Waals surface area contributed by atoms with Crippen LogP contribution in [0.4, 0.5) is 5.69 Å². The minimum absolute atomic E-state index is 0.213. The molecule has 1 amide bonds. The summed E-state index contributed by atoms with van der Waals surface area (Å²) in [5.74, 6) is 1.76. The Morgan fingerprint density at radius 1 is 0.920 bits per heavy atom. The number of para-hydroxylation sites is 1. The molecule has 0 unspecified atom stereocenters. The standard InChI is InChI=1S/C23H29NO/c1-18(2)20-13-15-22(16-14-20)24(21-11-7-4-8-12-21)23(25)17-19-9-5-3-6-10-19/h3-12,18,20,22H,13-17H2,1-2H3. The lowest BCUT2D eigenvalue weighted by atomic mass is 9.79. The van der Waals surface area contributed by atoms with Crippen LogP contribution in [0.25, 0.3) is 0 Å². The molecule has 1 aliphatic carbocycles. The molecule has 0 radical (unpaired) electrons. The molecule has 2 aromatic rings. The summed E-state index contributed by atoms with van der Waals surface area (Å²) in [6.45, 7) is 4.64. The van der Waals surface area contributed by atoms with Gasteiger partial charge in [0.2, 0.25) is 5.91 Å². The lowest BCUT2D eigenvalue weighted by Gasteiger charge is -2.38. The van der Waals surface area contributed by atoms with Crippen molar-refractivity contribution in [2.45, 2.75) is 52.0 Å². The number of rotatable bonds is 5. The zero-order valence-electron chi connectivity index (χ0n) is 15.4. The molecule has 0 aromatic heterocycles. The van der Waals surface area contributed by atoms with Crippen LogP contribution < -0.4 is 4.90 Å². The number of hydrogen-bond donors (Lipinski definition) is 0. The summed E-state index contributed by atoms with van der Waals surface area (Å²) in [6, 6.07) is 20.6. The van der Waals surface area contributed by atoms with E-state index in [-0.39, 0.29) is 5.91 Å². The third kappa shape index (κ3) is 4.50. The van der Waals surface area contributed by atoms with Gasteiger partial charge in [-0.1, -0.05) is 62.4 Å². The van der Waals surface area contributed by atoms with E-state index in [2.05, 4.69) is 30.9 Å². The molecule has 1 saturated carbocycles. The SMILES string of the molecule is CC(C)C1CCC(N(C(=O)Cc2ccccc2)c2ccccc2)CC1. The highest BCUT2D eigenvalue weighted by atomic mass is 16.2. The van der Waals surface area contributed by atoms with Crippen molar-refractivity contribution < 1.29 is 4.79 Å². The van der Waals surface area contributed by atoms with Crippen LogP contribution in [0.5, 0.6) is 0 Å². The van der Waals surface area contributed by atoms with Gasteiger partial charge in [0, 0.05) is 11.7 Å². The Balaban J connectivity index is 1.78. The molecular weight excluding hydrogens is 306 g/mol. The molecule has 0 saturated heterocycles. The molecule has 2 heteroatoms. The summed E-state index contributed by atoms with van der Waals surface area (Å²) in [7, 11) is 0. The molecular formula is C23H29NO. The Hall–Kier alpha value is -2.09. The first-order valence-electron chi connectivity index (χ1n) is 9.56. The van der Waals surface area contributed by atoms with E-state index in [1.807, 2.05) is 48.5 Å². The summed E-state index contributed by atoms with van der Waals surface area (Å²) in [5, 5.41) is 0. The van der Waals surface area contributed by atoms with Gasteiger partial charge in [-0.2, -0.15) is 0 Å². The largest absolute Gasteiger partial charge is 0.309 e. The molecule has 0 heterocycles. The number of anilines is 1. The van der Waals surface area contributed by atoms with Crippen LogP contribution in [0, 0.1) is 11.8 Å². The summed E-state index contributed by atoms with van der Waals surface area (Å²) in [6.07, 6.45) is 5.14. The van der Waals surface area contributed by atoms with Gasteiger partial charge < -0.3 is 4.90 Å². The van der Waals surface area contributed by atoms with Gasteiger partial charge >= 0.3 is 0 Å². The van der Waals surface area contributed by atoms with Crippen molar-refractivity contribution in [3.63, 3.8) is 0 Å². The number of amides is 1. The molecule has 3 rings (SSSR count). The van der Waals surface area contributed by atoms with Crippen LogP contribution in [0.15, 0.2) is 60.7 Å². The second-order valence-corrected chi connectivity index (χ2v) is 7.57. The van der Waals surface area contributed by atoms with Crippen molar-refractivity contribution in [1.29, 1.82) is 0 Å². The molecule has 0 N–H and O–H groups in total. The van der Waals surface area contributed by atoms with Crippen LogP contribution in [0.1, 0.15) is 45.1 Å². The van der Waals surface area contributed by atoms with Crippen LogP contribution in [0.3, 0.4) is 0 Å². The summed E-state index contributed by atoms with van der Waals surface area (Å²) < 4.78 is 0. The predicted octanol–water partition coefficient (Wildman–Crippen LogP) is 5.48. The summed E-state index contributed by atoms with van der Waals surface area (Å²) in [5.41, 5.74) is 2.13. The normalized spacial score (nSPS) is 20.4. The Morgan fingerprint density at radius 3 is 2.04 bits per heavy atom. The maximum atomic E-state index is 13.2. The Kier molecular flexibility index (Phi) is 5.91. The molecule has 1 fully saturated rings. The maximum Gasteiger partial charge on any atom is 0.231 e. The third-order valence-corrected chi connectivity index (χ3v) is 5.55. The smallest absolute Gasteiger partial charge is 0.231 e. The quantitative estimate of drug-likeness (QED) is 0.709. The Bertz CT molecular complexity index is 657. The number of nitrogens with zero attached hydrogens (tertiary/aromatic N) is 1. The van der Waals surface area contributed by atoms with E-state index in [0.717, 1.165) is 35.9 Å². The van der Waals surface area contributed by atoms with Crippen molar-refractivity contribution in [3.05, 3.63) is 66.2 Å². The number of benzene rings is 2. The minimum Gasteiger partial charge on any atom is -0.309 e. The second kappa shape index (κ2) is 8.33. The van der Waals surface area contributed by atoms with Crippen molar-refractivity contribution in [3.8, 4) is 0 Å². The number of carbonyl (C=O) groups excluding carboxylic acids is 1. The van der Waals surface area contributed by atoms with Gasteiger partial charge in [-0.25, -0.2) is 0 Å². The number of carbonyl (C=O) groups is 1. The second-order valence-electron chi connectivity index (χ2n) is 7.57. The lowest BCUT2D eigenvalue weighted by molar-refractivity contribution is -0.118. The molecule has 0 aliphatic heterocycles. The predicted molar refractivity (Wildman–Crippen MR) is 105 cm³/mol. The van der Waals surface area contributed by atoms with E-state index in [1.165, 1.54) is 12.8 Å². The highest BCUT2D eigenvalue weighted by Crippen LogP contribution is 2.34. The van der Waals surface area contributed by atoms with Crippen molar-refractivity contribution in [2.24, 2.45) is 11.8 Å². The van der Waals surface area contributed by atoms with Crippen LogP contribution in [-0.4, -0.2) is 11.9 Å². The molecule has 25 heavy (non-hydrogen) atoms. The van der Waals surface area contributed by atoms with Gasteiger partial charge in [0.05, 0.1) is 6.42 Å². The van der Waals surface area contributed by atoms with Gasteiger partial charge in [0.1, 0.15) is 0 Å². The van der Waals surface area contributed by atoms with E-state index >= 15 is 0 Å². The van der Waals surface area contributed by atoms with Crippen LogP contribution in [-0.2, 0) is 11.2 Å². The first-order valence-corrected chi connectivity index (χ1v) is 9.56. The molecule has 1 aliphatic rings. The fraction of sp³-hybridized carbons (Fsp3) is 0.435. The first-order chi connectivity index (χ1) is 12.1. The van der Waals surface area contributed by atoms with Gasteiger partial charge in [-0.15, -0.1) is 0 Å². The van der Waals surface area contributed by atoms with E-state index in [9.17, 15) is 4.79 Å². The average Bonchev–Trinajstić information content (AvgIpc) is 2.64. The number of hydrogen-bond acceptors (Lipinski definition) is 1. The van der Waals surface area contributed by atoms with E-state index < -0.39 is 0 Å². The summed E-state index contributed by atoms with van der Waals surface area (Å²) >= 11 is 0. The zero-order chi connectivity index (χ0) is 17.6. The molecule has 2 nitrogen and oxygen atoms in total. The zero-order valence-corrected chi connectivity index (χ0v) is 15.4. The van der Waals surface area contributed by atoms with Gasteiger partial charge in [-0.3, -0.25) is 4.79 Å². The van der Waals surface area contributed by atoms with Crippen molar-refractivity contribution in [2.75, 3.05) is 4.90 Å². The summed E-state index contributed by atoms with van der Waals surface area (Å²) in [4.78, 5) is 15.2. The topological polar surface area (TPSA) is 20.3 Å². The van der Waals surface area contributed by atoms with Gasteiger partial charge in [0.15, 0.2) is 0 Å². The fourth-order valence-corrected chi connectivity index (χ4v) is 4.03. The highest BCUT2D eigenvalue weighted by Gasteiger charge is 2.30. The van der Waals surface area contributed by atoms with Crippen molar-refractivity contribution in [1.82, 2.24) is 0 Å². The fourth-order valence-electron chi connectivity index (χ4n) is 4.03. The average molecular weight is 335 g/mol. The Morgan fingerprint density at radius 2 is 1.48 bits per heavy atom. The highest BCUT2D eigenvalue weighted by molar-refractivity contribution is 5.95. The monoisotopic (exact) mass is 335 g/mol. The minimum atomic E-state index is 0.213. The molecule has 0 spiro atoms. The molecule has 132 valence electrons. The third-order valence-electron chi connectivity index (χ3n) is 5.55. The maximum absolute atomic E-state index is 13.2. The van der Waals surface area contributed by atoms with Crippen LogP contribution >= 0.6 is 0 Å². The lowest BCUT2D eigenvalue weighted by Crippen LogP contribution is -2.43.